The number of thiazole rings is 1. The van der Waals surface area contributed by atoms with Crippen LogP contribution in [0.4, 0.5) is 10.8 Å². The lowest BCUT2D eigenvalue weighted by Gasteiger charge is -2.13. The van der Waals surface area contributed by atoms with E-state index in [1.807, 2.05) is 59.4 Å². The van der Waals surface area contributed by atoms with Crippen LogP contribution in [-0.2, 0) is 6.54 Å². The van der Waals surface area contributed by atoms with Gasteiger partial charge in [0.15, 0.2) is 5.13 Å². The van der Waals surface area contributed by atoms with Crippen LogP contribution in [0.3, 0.4) is 0 Å². The molecule has 0 aliphatic rings. The number of non-ortho nitro benzene ring substituents is 1. The Labute approximate surface area is 153 Å². The maximum Gasteiger partial charge on any atom is 0.270 e. The maximum atomic E-state index is 10.9. The van der Waals surface area contributed by atoms with Crippen LogP contribution in [0.1, 0.15) is 5.56 Å². The number of nitro benzene ring substituents is 1. The van der Waals surface area contributed by atoms with E-state index in [0.29, 0.717) is 6.54 Å². The SMILES string of the molecule is CN(Cc1cnn(-c2ccccc2)c1)c1nc2ccc([N+](=O)[O-])cc2s1. The molecule has 26 heavy (non-hydrogen) atoms. The number of aromatic nitrogens is 3. The molecule has 0 spiro atoms. The first-order valence-corrected chi connectivity index (χ1v) is 8.77. The van der Waals surface area contributed by atoms with Gasteiger partial charge in [0.2, 0.25) is 0 Å². The van der Waals surface area contributed by atoms with Gasteiger partial charge in [-0.25, -0.2) is 9.67 Å². The average Bonchev–Trinajstić information content (AvgIpc) is 3.28. The minimum absolute atomic E-state index is 0.0829. The topological polar surface area (TPSA) is 77.1 Å². The maximum absolute atomic E-state index is 10.9. The molecule has 0 bridgehead atoms. The number of para-hydroxylation sites is 1. The highest BCUT2D eigenvalue weighted by molar-refractivity contribution is 7.22. The Morgan fingerprint density at radius 1 is 1.23 bits per heavy atom. The Balaban J connectivity index is 1.55. The molecule has 130 valence electrons. The van der Waals surface area contributed by atoms with Gasteiger partial charge in [0.25, 0.3) is 5.69 Å². The summed E-state index contributed by atoms with van der Waals surface area (Å²) in [7, 11) is 1.95. The fourth-order valence-electron chi connectivity index (χ4n) is 2.68. The summed E-state index contributed by atoms with van der Waals surface area (Å²) >= 11 is 1.44. The summed E-state index contributed by atoms with van der Waals surface area (Å²) in [5.41, 5.74) is 2.91. The summed E-state index contributed by atoms with van der Waals surface area (Å²) in [5.74, 6) is 0. The van der Waals surface area contributed by atoms with E-state index in [1.54, 1.807) is 12.1 Å². The van der Waals surface area contributed by atoms with Crippen LogP contribution in [0.5, 0.6) is 0 Å². The van der Waals surface area contributed by atoms with E-state index >= 15 is 0 Å². The van der Waals surface area contributed by atoms with Crippen LogP contribution in [-0.4, -0.2) is 26.7 Å². The van der Waals surface area contributed by atoms with Gasteiger partial charge in [-0.1, -0.05) is 29.5 Å². The van der Waals surface area contributed by atoms with Gasteiger partial charge in [-0.05, 0) is 18.2 Å². The molecule has 0 saturated heterocycles. The lowest BCUT2D eigenvalue weighted by Crippen LogP contribution is -2.15. The summed E-state index contributed by atoms with van der Waals surface area (Å²) in [6.07, 6.45) is 3.83. The van der Waals surface area contributed by atoms with Crippen molar-refractivity contribution in [1.29, 1.82) is 0 Å². The Hall–Kier alpha value is -3.26. The van der Waals surface area contributed by atoms with E-state index in [-0.39, 0.29) is 10.6 Å². The molecular formula is C18H15N5O2S. The Morgan fingerprint density at radius 3 is 2.81 bits per heavy atom. The molecule has 0 N–H and O–H groups in total. The van der Waals surface area contributed by atoms with E-state index in [1.165, 1.54) is 17.4 Å². The van der Waals surface area contributed by atoms with Crippen molar-refractivity contribution in [2.24, 2.45) is 0 Å². The molecule has 0 aliphatic heterocycles. The molecule has 4 rings (SSSR count). The van der Waals surface area contributed by atoms with Crippen molar-refractivity contribution < 1.29 is 4.92 Å². The second kappa shape index (κ2) is 6.57. The number of anilines is 1. The van der Waals surface area contributed by atoms with Crippen molar-refractivity contribution in [3.05, 3.63) is 76.6 Å². The van der Waals surface area contributed by atoms with Crippen molar-refractivity contribution in [3.63, 3.8) is 0 Å². The number of hydrogen-bond donors (Lipinski definition) is 0. The summed E-state index contributed by atoms with van der Waals surface area (Å²) in [4.78, 5) is 17.1. The first-order valence-electron chi connectivity index (χ1n) is 7.95. The van der Waals surface area contributed by atoms with Gasteiger partial charge in [0.05, 0.1) is 27.0 Å². The van der Waals surface area contributed by atoms with Gasteiger partial charge in [-0.2, -0.15) is 5.10 Å². The minimum atomic E-state index is -0.388. The summed E-state index contributed by atoms with van der Waals surface area (Å²) in [6.45, 7) is 0.648. The van der Waals surface area contributed by atoms with Gasteiger partial charge in [0.1, 0.15) is 0 Å². The Morgan fingerprint density at radius 2 is 2.04 bits per heavy atom. The standard InChI is InChI=1S/C18H15N5O2S/c1-21(11-13-10-19-22(12-13)14-5-3-2-4-6-14)18-20-16-8-7-15(23(24)25)9-17(16)26-18/h2-10,12H,11H2,1H3. The summed E-state index contributed by atoms with van der Waals surface area (Å²) < 4.78 is 2.64. The number of rotatable bonds is 5. The monoisotopic (exact) mass is 365 g/mol. The lowest BCUT2D eigenvalue weighted by atomic mass is 10.3. The van der Waals surface area contributed by atoms with E-state index in [0.717, 1.165) is 26.6 Å². The van der Waals surface area contributed by atoms with Crippen LogP contribution >= 0.6 is 11.3 Å². The Bertz CT molecular complexity index is 1070. The molecule has 0 saturated carbocycles. The Kier molecular flexibility index (Phi) is 4.10. The molecule has 0 atom stereocenters. The molecule has 0 aliphatic carbocycles. The average molecular weight is 365 g/mol. The van der Waals surface area contributed by atoms with Crippen LogP contribution in [0.2, 0.25) is 0 Å². The van der Waals surface area contributed by atoms with Gasteiger partial charge < -0.3 is 4.90 Å². The quantitative estimate of drug-likeness (QED) is 0.394. The fraction of sp³-hybridized carbons (Fsp3) is 0.111. The molecule has 0 radical (unpaired) electrons. The molecule has 2 aromatic carbocycles. The molecule has 0 unspecified atom stereocenters. The fourth-order valence-corrected chi connectivity index (χ4v) is 3.64. The molecule has 2 heterocycles. The third-order valence-electron chi connectivity index (χ3n) is 3.97. The molecule has 2 aromatic heterocycles. The zero-order valence-corrected chi connectivity index (χ0v) is 14.8. The number of fused-ring (bicyclic) bond motifs is 1. The molecule has 0 amide bonds. The van der Waals surface area contributed by atoms with Crippen molar-refractivity contribution in [1.82, 2.24) is 14.8 Å². The van der Waals surface area contributed by atoms with E-state index in [9.17, 15) is 10.1 Å². The van der Waals surface area contributed by atoms with Gasteiger partial charge in [-0.15, -0.1) is 0 Å². The predicted octanol–water partition coefficient (Wildman–Crippen LogP) is 4.03. The predicted molar refractivity (Wildman–Crippen MR) is 102 cm³/mol. The third-order valence-corrected chi connectivity index (χ3v) is 5.11. The van der Waals surface area contributed by atoms with Crippen LogP contribution in [0.15, 0.2) is 60.9 Å². The molecule has 4 aromatic rings. The highest BCUT2D eigenvalue weighted by atomic mass is 32.1. The molecular weight excluding hydrogens is 350 g/mol. The molecule has 8 heteroatoms. The van der Waals surface area contributed by atoms with Crippen molar-refractivity contribution in [3.8, 4) is 5.69 Å². The third kappa shape index (κ3) is 3.14. The first-order chi connectivity index (χ1) is 12.6. The van der Waals surface area contributed by atoms with Crippen LogP contribution < -0.4 is 4.90 Å². The number of benzene rings is 2. The number of hydrogen-bond acceptors (Lipinski definition) is 6. The van der Waals surface area contributed by atoms with Crippen molar-refractivity contribution in [2.75, 3.05) is 11.9 Å². The largest absolute Gasteiger partial charge is 0.347 e. The number of nitro groups is 1. The van der Waals surface area contributed by atoms with Crippen LogP contribution in [0.25, 0.3) is 15.9 Å². The van der Waals surface area contributed by atoms with Crippen molar-refractivity contribution >= 4 is 32.4 Å². The van der Waals surface area contributed by atoms with Crippen molar-refractivity contribution in [2.45, 2.75) is 6.54 Å². The van der Waals surface area contributed by atoms with Gasteiger partial charge >= 0.3 is 0 Å². The molecule has 7 nitrogen and oxygen atoms in total. The summed E-state index contributed by atoms with van der Waals surface area (Å²) in [6, 6.07) is 14.7. The van der Waals surface area contributed by atoms with E-state index < -0.39 is 0 Å². The number of nitrogens with zero attached hydrogens (tertiary/aromatic N) is 5. The second-order valence-electron chi connectivity index (χ2n) is 5.89. The first kappa shape index (κ1) is 16.2. The van der Waals surface area contributed by atoms with E-state index in [2.05, 4.69) is 10.1 Å². The van der Waals surface area contributed by atoms with E-state index in [4.69, 9.17) is 0 Å². The van der Waals surface area contributed by atoms with Crippen LogP contribution in [0, 0.1) is 10.1 Å². The normalized spacial score (nSPS) is 11.0. The highest BCUT2D eigenvalue weighted by Gasteiger charge is 2.13. The van der Waals surface area contributed by atoms with Gasteiger partial charge in [-0.3, -0.25) is 10.1 Å². The molecule has 0 fully saturated rings. The highest BCUT2D eigenvalue weighted by Crippen LogP contribution is 2.31. The smallest absolute Gasteiger partial charge is 0.270 e. The summed E-state index contributed by atoms with van der Waals surface area (Å²) in [5, 5.41) is 16.1. The lowest BCUT2D eigenvalue weighted by molar-refractivity contribution is -0.384. The zero-order valence-electron chi connectivity index (χ0n) is 13.9. The second-order valence-corrected chi connectivity index (χ2v) is 6.90. The zero-order chi connectivity index (χ0) is 18.1. The van der Waals surface area contributed by atoms with Gasteiger partial charge in [0, 0.05) is 37.5 Å². The minimum Gasteiger partial charge on any atom is -0.347 e.